The molecule has 1 aliphatic rings. The van der Waals surface area contributed by atoms with Crippen LogP contribution in [-0.4, -0.2) is 48.5 Å². The molecule has 0 bridgehead atoms. The first-order chi connectivity index (χ1) is 8.22. The van der Waals surface area contributed by atoms with Crippen molar-refractivity contribution in [1.82, 2.24) is 20.4 Å². The van der Waals surface area contributed by atoms with Crippen LogP contribution in [0.2, 0.25) is 0 Å². The predicted molar refractivity (Wildman–Crippen MR) is 62.6 cm³/mol. The number of methoxy groups -OCH3 is 1. The van der Waals surface area contributed by atoms with Gasteiger partial charge in [-0.15, -0.1) is 0 Å². The van der Waals surface area contributed by atoms with E-state index in [1.165, 1.54) is 7.11 Å². The van der Waals surface area contributed by atoms with Crippen LogP contribution in [0.1, 0.15) is 11.6 Å². The van der Waals surface area contributed by atoms with E-state index in [9.17, 15) is 4.79 Å². The van der Waals surface area contributed by atoms with Gasteiger partial charge in [0.25, 0.3) is 0 Å². The molecule has 2 rings (SSSR count). The van der Waals surface area contributed by atoms with Crippen molar-refractivity contribution in [3.05, 3.63) is 18.0 Å². The van der Waals surface area contributed by atoms with Gasteiger partial charge >= 0.3 is 0 Å². The predicted octanol–water partition coefficient (Wildman–Crippen LogP) is -0.762. The van der Waals surface area contributed by atoms with Crippen molar-refractivity contribution < 1.29 is 9.53 Å². The fourth-order valence-corrected chi connectivity index (χ4v) is 2.27. The normalized spacial score (nSPS) is 23.9. The second kappa shape index (κ2) is 5.29. The van der Waals surface area contributed by atoms with Gasteiger partial charge in [-0.1, -0.05) is 0 Å². The zero-order valence-corrected chi connectivity index (χ0v) is 10.1. The summed E-state index contributed by atoms with van der Waals surface area (Å²) in [5.74, 6) is 0.191. The Balaban J connectivity index is 2.03. The van der Waals surface area contributed by atoms with Crippen molar-refractivity contribution in [1.29, 1.82) is 0 Å². The topological polar surface area (TPSA) is 68.2 Å². The molecule has 94 valence electrons. The Morgan fingerprint density at radius 1 is 1.71 bits per heavy atom. The SMILES string of the molecule is COCC(=O)N[C@@H]1CNC[C@H]1c1ccnn1C. The summed E-state index contributed by atoms with van der Waals surface area (Å²) in [6, 6.07) is 2.10. The number of carbonyl (C=O) groups is 1. The van der Waals surface area contributed by atoms with Crippen LogP contribution in [0.25, 0.3) is 0 Å². The Kier molecular flexibility index (Phi) is 3.75. The molecule has 0 radical (unpaired) electrons. The van der Waals surface area contributed by atoms with E-state index >= 15 is 0 Å². The quantitative estimate of drug-likeness (QED) is 0.723. The van der Waals surface area contributed by atoms with E-state index in [1.807, 2.05) is 17.8 Å². The molecule has 17 heavy (non-hydrogen) atoms. The smallest absolute Gasteiger partial charge is 0.246 e. The van der Waals surface area contributed by atoms with Gasteiger partial charge in [0.05, 0.1) is 6.04 Å². The molecule has 2 atom stereocenters. The molecule has 6 nitrogen and oxygen atoms in total. The number of ether oxygens (including phenoxy) is 1. The van der Waals surface area contributed by atoms with E-state index in [0.717, 1.165) is 18.8 Å². The highest BCUT2D eigenvalue weighted by molar-refractivity contribution is 5.77. The standard InChI is InChI=1S/C11H18N4O2/c1-15-10(3-4-13-15)8-5-12-6-9(8)14-11(16)7-17-2/h3-4,8-9,12H,5-7H2,1-2H3,(H,14,16)/t8-,9-/m1/s1. The van der Waals surface area contributed by atoms with E-state index in [1.54, 1.807) is 6.20 Å². The van der Waals surface area contributed by atoms with Gasteiger partial charge in [-0.25, -0.2) is 0 Å². The van der Waals surface area contributed by atoms with Crippen molar-refractivity contribution in [2.24, 2.45) is 7.05 Å². The number of nitrogens with one attached hydrogen (secondary N) is 2. The Bertz CT molecular complexity index is 391. The van der Waals surface area contributed by atoms with Crippen LogP contribution >= 0.6 is 0 Å². The zero-order valence-electron chi connectivity index (χ0n) is 10.1. The summed E-state index contributed by atoms with van der Waals surface area (Å²) in [6.45, 7) is 1.75. The second-order valence-corrected chi connectivity index (χ2v) is 4.25. The van der Waals surface area contributed by atoms with Crippen LogP contribution in [0.15, 0.2) is 12.3 Å². The lowest BCUT2D eigenvalue weighted by atomic mass is 9.99. The van der Waals surface area contributed by atoms with Crippen LogP contribution in [0.5, 0.6) is 0 Å². The molecule has 2 N–H and O–H groups in total. The van der Waals surface area contributed by atoms with E-state index in [4.69, 9.17) is 4.74 Å². The first-order valence-corrected chi connectivity index (χ1v) is 5.69. The fourth-order valence-electron chi connectivity index (χ4n) is 2.27. The molecule has 1 saturated heterocycles. The summed E-state index contributed by atoms with van der Waals surface area (Å²) < 4.78 is 6.67. The number of aryl methyl sites for hydroxylation is 1. The first kappa shape index (κ1) is 12.1. The average molecular weight is 238 g/mol. The third-order valence-electron chi connectivity index (χ3n) is 3.07. The molecule has 0 saturated carbocycles. The Hall–Kier alpha value is -1.40. The summed E-state index contributed by atoms with van der Waals surface area (Å²) in [6.07, 6.45) is 1.78. The minimum Gasteiger partial charge on any atom is -0.375 e. The molecule has 0 aliphatic carbocycles. The van der Waals surface area contributed by atoms with Gasteiger partial charge in [-0.3, -0.25) is 9.48 Å². The monoisotopic (exact) mass is 238 g/mol. The lowest BCUT2D eigenvalue weighted by Crippen LogP contribution is -2.41. The molecule has 6 heteroatoms. The van der Waals surface area contributed by atoms with E-state index in [-0.39, 0.29) is 24.5 Å². The van der Waals surface area contributed by atoms with Gasteiger partial charge in [0, 0.05) is 45.1 Å². The number of amides is 1. The maximum absolute atomic E-state index is 11.5. The second-order valence-electron chi connectivity index (χ2n) is 4.25. The number of carbonyl (C=O) groups excluding carboxylic acids is 1. The molecule has 0 spiro atoms. The lowest BCUT2D eigenvalue weighted by molar-refractivity contribution is -0.125. The molecule has 0 unspecified atom stereocenters. The maximum Gasteiger partial charge on any atom is 0.246 e. The Morgan fingerprint density at radius 2 is 2.53 bits per heavy atom. The zero-order chi connectivity index (χ0) is 12.3. The highest BCUT2D eigenvalue weighted by Crippen LogP contribution is 2.21. The van der Waals surface area contributed by atoms with Gasteiger partial charge < -0.3 is 15.4 Å². The summed E-state index contributed by atoms with van der Waals surface area (Å²) in [5, 5.41) is 10.4. The molecule has 2 heterocycles. The molecule has 0 aromatic carbocycles. The van der Waals surface area contributed by atoms with E-state index < -0.39 is 0 Å². The van der Waals surface area contributed by atoms with E-state index in [2.05, 4.69) is 15.7 Å². The van der Waals surface area contributed by atoms with Crippen molar-refractivity contribution >= 4 is 5.91 Å². The number of aromatic nitrogens is 2. The molecule has 1 fully saturated rings. The highest BCUT2D eigenvalue weighted by Gasteiger charge is 2.31. The van der Waals surface area contributed by atoms with E-state index in [0.29, 0.717) is 0 Å². The van der Waals surface area contributed by atoms with Crippen molar-refractivity contribution in [3.8, 4) is 0 Å². The average Bonchev–Trinajstić information content (AvgIpc) is 2.87. The lowest BCUT2D eigenvalue weighted by Gasteiger charge is -2.20. The number of hydrogen-bond acceptors (Lipinski definition) is 4. The largest absolute Gasteiger partial charge is 0.375 e. The molecular formula is C11H18N4O2. The molecular weight excluding hydrogens is 220 g/mol. The van der Waals surface area contributed by atoms with Gasteiger partial charge in [-0.2, -0.15) is 5.10 Å². The van der Waals surface area contributed by atoms with Crippen LogP contribution < -0.4 is 10.6 Å². The number of nitrogens with zero attached hydrogens (tertiary/aromatic N) is 2. The van der Waals surface area contributed by atoms with Gasteiger partial charge in [0.2, 0.25) is 5.91 Å². The first-order valence-electron chi connectivity index (χ1n) is 5.69. The Morgan fingerprint density at radius 3 is 3.18 bits per heavy atom. The molecule has 1 amide bonds. The minimum atomic E-state index is -0.0756. The van der Waals surface area contributed by atoms with Crippen LogP contribution in [0.3, 0.4) is 0 Å². The minimum absolute atomic E-state index is 0.0756. The van der Waals surface area contributed by atoms with Crippen LogP contribution in [0.4, 0.5) is 0 Å². The number of hydrogen-bond donors (Lipinski definition) is 2. The third kappa shape index (κ3) is 2.65. The van der Waals surface area contributed by atoms with Gasteiger partial charge in [-0.05, 0) is 6.07 Å². The van der Waals surface area contributed by atoms with Gasteiger partial charge in [0.15, 0.2) is 0 Å². The summed E-state index contributed by atoms with van der Waals surface area (Å²) in [5.41, 5.74) is 1.14. The van der Waals surface area contributed by atoms with Gasteiger partial charge in [0.1, 0.15) is 6.61 Å². The summed E-state index contributed by atoms with van der Waals surface area (Å²) >= 11 is 0. The van der Waals surface area contributed by atoms with Crippen molar-refractivity contribution in [2.45, 2.75) is 12.0 Å². The number of rotatable bonds is 4. The molecule has 1 aromatic heterocycles. The summed E-state index contributed by atoms with van der Waals surface area (Å²) in [7, 11) is 3.44. The molecule has 1 aliphatic heterocycles. The van der Waals surface area contributed by atoms with Crippen molar-refractivity contribution in [3.63, 3.8) is 0 Å². The fraction of sp³-hybridized carbons (Fsp3) is 0.636. The van der Waals surface area contributed by atoms with Crippen molar-refractivity contribution in [2.75, 3.05) is 26.8 Å². The summed E-state index contributed by atoms with van der Waals surface area (Å²) in [4.78, 5) is 11.5. The van der Waals surface area contributed by atoms with Crippen LogP contribution in [-0.2, 0) is 16.6 Å². The Labute approximate surface area is 100 Å². The third-order valence-corrected chi connectivity index (χ3v) is 3.07. The maximum atomic E-state index is 11.5. The highest BCUT2D eigenvalue weighted by atomic mass is 16.5. The molecule has 1 aromatic rings. The van der Waals surface area contributed by atoms with Crippen LogP contribution in [0, 0.1) is 0 Å².